The van der Waals surface area contributed by atoms with Crippen molar-refractivity contribution in [3.8, 4) is 11.5 Å². The third-order valence-electron chi connectivity index (χ3n) is 5.01. The third-order valence-corrected chi connectivity index (χ3v) is 7.30. The number of aldehydes is 1. The van der Waals surface area contributed by atoms with Gasteiger partial charge in [0, 0.05) is 0 Å². The predicted molar refractivity (Wildman–Crippen MR) is 118 cm³/mol. The minimum Gasteiger partial charge on any atom is -0.542 e. The lowest BCUT2D eigenvalue weighted by atomic mass is 10.1. The SMILES string of the molecule is CCCCC(CCCC)[Si](C)Oc1ccc(OCc2ccccc2)c(C=O)c1. The molecule has 0 aliphatic rings. The molecule has 151 valence electrons. The Morgan fingerprint density at radius 2 is 1.68 bits per heavy atom. The molecule has 28 heavy (non-hydrogen) atoms. The molecule has 0 saturated carbocycles. The van der Waals surface area contributed by atoms with Crippen LogP contribution in [0.4, 0.5) is 0 Å². The number of hydrogen-bond donors (Lipinski definition) is 0. The summed E-state index contributed by atoms with van der Waals surface area (Å²) in [6.45, 7) is 7.18. The third kappa shape index (κ3) is 7.15. The second-order valence-electron chi connectivity index (χ2n) is 7.29. The van der Waals surface area contributed by atoms with Gasteiger partial charge in [-0.15, -0.1) is 0 Å². The molecule has 0 N–H and O–H groups in total. The molecular formula is C24H33O3Si. The molecule has 0 spiro atoms. The summed E-state index contributed by atoms with van der Waals surface area (Å²) < 4.78 is 12.2. The van der Waals surface area contributed by atoms with E-state index in [1.54, 1.807) is 0 Å². The van der Waals surface area contributed by atoms with Gasteiger partial charge >= 0.3 is 0 Å². The van der Waals surface area contributed by atoms with Crippen LogP contribution in [0.5, 0.6) is 11.5 Å². The zero-order valence-electron chi connectivity index (χ0n) is 17.4. The summed E-state index contributed by atoms with van der Waals surface area (Å²) in [4.78, 5) is 11.6. The fraction of sp³-hybridized carbons (Fsp3) is 0.458. The molecule has 0 unspecified atom stereocenters. The van der Waals surface area contributed by atoms with Gasteiger partial charge in [0.05, 0.1) is 5.56 Å². The van der Waals surface area contributed by atoms with Crippen molar-refractivity contribution in [1.29, 1.82) is 0 Å². The van der Waals surface area contributed by atoms with E-state index in [0.29, 0.717) is 23.5 Å². The Kier molecular flexibility index (Phi) is 9.84. The van der Waals surface area contributed by atoms with Crippen molar-refractivity contribution in [3.05, 3.63) is 59.7 Å². The van der Waals surface area contributed by atoms with E-state index in [2.05, 4.69) is 20.4 Å². The number of rotatable bonds is 13. The number of benzene rings is 2. The van der Waals surface area contributed by atoms with Crippen LogP contribution < -0.4 is 9.16 Å². The van der Waals surface area contributed by atoms with E-state index < -0.39 is 9.04 Å². The Morgan fingerprint density at radius 3 is 2.29 bits per heavy atom. The molecule has 0 heterocycles. The van der Waals surface area contributed by atoms with Crippen LogP contribution in [0.2, 0.25) is 12.1 Å². The highest BCUT2D eigenvalue weighted by molar-refractivity contribution is 6.52. The minimum absolute atomic E-state index is 0.445. The van der Waals surface area contributed by atoms with Gasteiger partial charge in [0.25, 0.3) is 9.04 Å². The summed E-state index contributed by atoms with van der Waals surface area (Å²) in [5.74, 6) is 1.38. The highest BCUT2D eigenvalue weighted by Crippen LogP contribution is 2.29. The summed E-state index contributed by atoms with van der Waals surface area (Å²) >= 11 is 0. The van der Waals surface area contributed by atoms with Gasteiger partial charge in [0.2, 0.25) is 0 Å². The maximum Gasteiger partial charge on any atom is 0.280 e. The van der Waals surface area contributed by atoms with Crippen LogP contribution in [0, 0.1) is 0 Å². The second kappa shape index (κ2) is 12.4. The molecule has 3 nitrogen and oxygen atoms in total. The first kappa shape index (κ1) is 22.2. The van der Waals surface area contributed by atoms with Crippen LogP contribution in [0.3, 0.4) is 0 Å². The summed E-state index contributed by atoms with van der Waals surface area (Å²) in [6.07, 6.45) is 8.28. The van der Waals surface area contributed by atoms with E-state index in [-0.39, 0.29) is 0 Å². The largest absolute Gasteiger partial charge is 0.542 e. The van der Waals surface area contributed by atoms with Crippen molar-refractivity contribution in [2.24, 2.45) is 0 Å². The minimum atomic E-state index is -0.974. The van der Waals surface area contributed by atoms with Crippen molar-refractivity contribution in [1.82, 2.24) is 0 Å². The van der Waals surface area contributed by atoms with Crippen LogP contribution in [-0.4, -0.2) is 15.3 Å². The molecule has 0 aliphatic heterocycles. The summed E-state index contributed by atoms with van der Waals surface area (Å²) in [5.41, 5.74) is 2.27. The van der Waals surface area contributed by atoms with Crippen molar-refractivity contribution < 1.29 is 14.0 Å². The smallest absolute Gasteiger partial charge is 0.280 e. The van der Waals surface area contributed by atoms with Gasteiger partial charge in [0.1, 0.15) is 18.1 Å². The number of hydrogen-bond acceptors (Lipinski definition) is 3. The lowest BCUT2D eigenvalue weighted by Crippen LogP contribution is -2.25. The van der Waals surface area contributed by atoms with Crippen LogP contribution in [0.15, 0.2) is 48.5 Å². The Bertz CT molecular complexity index is 694. The van der Waals surface area contributed by atoms with Crippen molar-refractivity contribution in [2.45, 2.75) is 71.1 Å². The van der Waals surface area contributed by atoms with Gasteiger partial charge < -0.3 is 9.16 Å². The molecule has 2 aromatic rings. The average molecular weight is 398 g/mol. The van der Waals surface area contributed by atoms with Gasteiger partial charge in [0.15, 0.2) is 6.29 Å². The van der Waals surface area contributed by atoms with E-state index in [4.69, 9.17) is 9.16 Å². The fourth-order valence-corrected chi connectivity index (χ4v) is 5.16. The fourth-order valence-electron chi connectivity index (χ4n) is 3.27. The van der Waals surface area contributed by atoms with Crippen LogP contribution >= 0.6 is 0 Å². The molecule has 2 rings (SSSR count). The molecule has 0 aliphatic carbocycles. The van der Waals surface area contributed by atoms with Gasteiger partial charge in [-0.05, 0) is 48.7 Å². The van der Waals surface area contributed by atoms with Crippen LogP contribution in [0.1, 0.15) is 68.3 Å². The molecular weight excluding hydrogens is 364 g/mol. The van der Waals surface area contributed by atoms with E-state index in [9.17, 15) is 4.79 Å². The first-order chi connectivity index (χ1) is 13.7. The Labute approximate surface area is 171 Å². The molecule has 0 amide bonds. The Morgan fingerprint density at radius 1 is 1.00 bits per heavy atom. The summed E-state index contributed by atoms with van der Waals surface area (Å²) in [6, 6.07) is 15.6. The topological polar surface area (TPSA) is 35.5 Å². The lowest BCUT2D eigenvalue weighted by Gasteiger charge is -2.23. The first-order valence-corrected chi connectivity index (χ1v) is 12.4. The Hall–Kier alpha value is -2.07. The lowest BCUT2D eigenvalue weighted by molar-refractivity contribution is 0.111. The normalized spacial score (nSPS) is 11.0. The highest BCUT2D eigenvalue weighted by atomic mass is 28.3. The number of ether oxygens (including phenoxy) is 1. The Balaban J connectivity index is 2.01. The zero-order valence-corrected chi connectivity index (χ0v) is 18.4. The molecule has 4 heteroatoms. The molecule has 0 saturated heterocycles. The van der Waals surface area contributed by atoms with Gasteiger partial charge in [-0.2, -0.15) is 0 Å². The standard InChI is InChI=1S/C24H33O3Si/c1-4-6-13-23(14-7-5-2)28(3)27-22-15-16-24(21(17-22)18-25)26-19-20-11-9-8-10-12-20/h8-12,15-18,23H,4-7,13-14,19H2,1-3H3. The number of carbonyl (C=O) groups excluding carboxylic acids is 1. The van der Waals surface area contributed by atoms with Gasteiger partial charge in [-0.1, -0.05) is 69.9 Å². The first-order valence-electron chi connectivity index (χ1n) is 10.4. The average Bonchev–Trinajstić information content (AvgIpc) is 2.73. The maximum absolute atomic E-state index is 11.6. The van der Waals surface area contributed by atoms with Crippen molar-refractivity contribution in [3.63, 3.8) is 0 Å². The number of unbranched alkanes of at least 4 members (excludes halogenated alkanes) is 2. The van der Waals surface area contributed by atoms with Crippen molar-refractivity contribution in [2.75, 3.05) is 0 Å². The summed E-state index contributed by atoms with van der Waals surface area (Å²) in [5, 5.41) is 0. The molecule has 1 radical (unpaired) electrons. The van der Waals surface area contributed by atoms with E-state index >= 15 is 0 Å². The quantitative estimate of drug-likeness (QED) is 0.274. The predicted octanol–water partition coefficient (Wildman–Crippen LogP) is 6.83. The zero-order chi connectivity index (χ0) is 20.2. The second-order valence-corrected chi connectivity index (χ2v) is 9.53. The maximum atomic E-state index is 11.6. The monoisotopic (exact) mass is 397 g/mol. The van der Waals surface area contributed by atoms with E-state index in [1.165, 1.54) is 38.5 Å². The van der Waals surface area contributed by atoms with Crippen molar-refractivity contribution >= 4 is 15.3 Å². The van der Waals surface area contributed by atoms with Gasteiger partial charge in [-0.25, -0.2) is 0 Å². The molecule has 0 atom stereocenters. The molecule has 2 aromatic carbocycles. The number of carbonyl (C=O) groups is 1. The molecule has 0 bridgehead atoms. The van der Waals surface area contributed by atoms with Crippen LogP contribution in [-0.2, 0) is 6.61 Å². The van der Waals surface area contributed by atoms with E-state index in [1.807, 2.05) is 48.5 Å². The molecule has 0 fully saturated rings. The van der Waals surface area contributed by atoms with Gasteiger partial charge in [-0.3, -0.25) is 4.79 Å². The summed E-state index contributed by atoms with van der Waals surface area (Å²) in [7, 11) is -0.974. The van der Waals surface area contributed by atoms with Crippen LogP contribution in [0.25, 0.3) is 0 Å². The van der Waals surface area contributed by atoms with E-state index in [0.717, 1.165) is 17.6 Å². The molecule has 0 aromatic heterocycles. The highest BCUT2D eigenvalue weighted by Gasteiger charge is 2.22.